The van der Waals surface area contributed by atoms with Gasteiger partial charge in [-0.3, -0.25) is 4.72 Å². The monoisotopic (exact) mass is 306 g/mol. The van der Waals surface area contributed by atoms with Gasteiger partial charge in [0.15, 0.2) is 0 Å². The number of hydrogen-bond acceptors (Lipinski definition) is 3. The lowest BCUT2D eigenvalue weighted by molar-refractivity contribution is 0.601. The Morgan fingerprint density at radius 3 is 2.30 bits per heavy atom. The third kappa shape index (κ3) is 3.15. The molecular weight excluding hydrogens is 292 g/mol. The number of thiocarbonyl (C=S) groups is 1. The minimum absolute atomic E-state index is 0.146. The Bertz CT molecular complexity index is 738. The van der Waals surface area contributed by atoms with Gasteiger partial charge < -0.3 is 5.73 Å². The number of para-hydroxylation sites is 1. The van der Waals surface area contributed by atoms with Gasteiger partial charge in [-0.2, -0.15) is 0 Å². The molecule has 2 aromatic rings. The summed E-state index contributed by atoms with van der Waals surface area (Å²) in [6.07, 6.45) is 0. The minimum atomic E-state index is -3.65. The third-order valence-electron chi connectivity index (χ3n) is 2.77. The van der Waals surface area contributed by atoms with E-state index in [9.17, 15) is 8.42 Å². The van der Waals surface area contributed by atoms with Crippen molar-refractivity contribution in [2.75, 3.05) is 4.72 Å². The first-order valence-electron chi connectivity index (χ1n) is 5.88. The summed E-state index contributed by atoms with van der Waals surface area (Å²) in [7, 11) is -3.65. The fourth-order valence-corrected chi connectivity index (χ4v) is 2.97. The number of hydrogen-bond donors (Lipinski definition) is 2. The van der Waals surface area contributed by atoms with E-state index in [1.54, 1.807) is 48.5 Å². The lowest BCUT2D eigenvalue weighted by Crippen LogP contribution is -2.18. The second-order valence-electron chi connectivity index (χ2n) is 4.33. The average molecular weight is 306 g/mol. The van der Waals surface area contributed by atoms with E-state index in [1.165, 1.54) is 0 Å². The topological polar surface area (TPSA) is 72.2 Å². The predicted octanol–water partition coefficient (Wildman–Crippen LogP) is 2.43. The molecule has 6 heteroatoms. The Balaban J connectivity index is 2.38. The van der Waals surface area contributed by atoms with E-state index in [-0.39, 0.29) is 9.88 Å². The van der Waals surface area contributed by atoms with Gasteiger partial charge in [-0.05, 0) is 31.2 Å². The number of anilines is 1. The third-order valence-corrected chi connectivity index (χ3v) is 4.37. The first-order chi connectivity index (χ1) is 9.40. The molecule has 0 saturated heterocycles. The van der Waals surface area contributed by atoms with Crippen LogP contribution in [0.25, 0.3) is 0 Å². The zero-order valence-electron chi connectivity index (χ0n) is 10.8. The standard InChI is InChI=1S/C14H14N2O2S2/c1-10-6-8-11(9-7-10)20(17,18)16-13-5-3-2-4-12(13)14(15)19/h2-9,16H,1H3,(H2,15,19). The van der Waals surface area contributed by atoms with Gasteiger partial charge in [-0.15, -0.1) is 0 Å². The number of aryl methyl sites for hydroxylation is 1. The maximum atomic E-state index is 12.3. The van der Waals surface area contributed by atoms with Crippen LogP contribution in [-0.2, 0) is 10.0 Å². The van der Waals surface area contributed by atoms with E-state index in [0.717, 1.165) is 5.56 Å². The van der Waals surface area contributed by atoms with E-state index in [4.69, 9.17) is 18.0 Å². The highest BCUT2D eigenvalue weighted by Crippen LogP contribution is 2.20. The van der Waals surface area contributed by atoms with E-state index >= 15 is 0 Å². The van der Waals surface area contributed by atoms with Crippen molar-refractivity contribution in [2.45, 2.75) is 11.8 Å². The highest BCUT2D eigenvalue weighted by atomic mass is 32.2. The van der Waals surface area contributed by atoms with Crippen LogP contribution in [0.5, 0.6) is 0 Å². The Kier molecular flexibility index (Phi) is 4.06. The van der Waals surface area contributed by atoms with E-state index < -0.39 is 10.0 Å². The number of nitrogens with one attached hydrogen (secondary N) is 1. The molecule has 0 fully saturated rings. The number of sulfonamides is 1. The fraction of sp³-hybridized carbons (Fsp3) is 0.0714. The molecule has 0 saturated carbocycles. The van der Waals surface area contributed by atoms with Crippen molar-refractivity contribution < 1.29 is 8.42 Å². The molecule has 0 spiro atoms. The van der Waals surface area contributed by atoms with Crippen LogP contribution in [0.15, 0.2) is 53.4 Å². The first-order valence-corrected chi connectivity index (χ1v) is 7.77. The molecule has 0 heterocycles. The molecule has 20 heavy (non-hydrogen) atoms. The smallest absolute Gasteiger partial charge is 0.261 e. The van der Waals surface area contributed by atoms with Gasteiger partial charge in [0.25, 0.3) is 10.0 Å². The molecule has 0 aliphatic heterocycles. The molecule has 0 amide bonds. The number of rotatable bonds is 4. The molecule has 104 valence electrons. The van der Waals surface area contributed by atoms with Crippen molar-refractivity contribution >= 4 is 32.9 Å². The number of benzene rings is 2. The van der Waals surface area contributed by atoms with Crippen LogP contribution in [0.2, 0.25) is 0 Å². The van der Waals surface area contributed by atoms with Gasteiger partial charge in [-0.1, -0.05) is 42.0 Å². The van der Waals surface area contributed by atoms with Crippen LogP contribution in [0, 0.1) is 6.92 Å². The van der Waals surface area contributed by atoms with E-state index in [1.807, 2.05) is 6.92 Å². The molecule has 0 bridgehead atoms. The molecule has 0 unspecified atom stereocenters. The van der Waals surface area contributed by atoms with Gasteiger partial charge in [0, 0.05) is 5.56 Å². The predicted molar refractivity (Wildman–Crippen MR) is 84.3 cm³/mol. The Morgan fingerprint density at radius 2 is 1.70 bits per heavy atom. The molecule has 0 radical (unpaired) electrons. The quantitative estimate of drug-likeness (QED) is 0.851. The first kappa shape index (κ1) is 14.5. The van der Waals surface area contributed by atoms with Crippen LogP contribution in [0.3, 0.4) is 0 Å². The summed E-state index contributed by atoms with van der Waals surface area (Å²) in [4.78, 5) is 0.341. The second kappa shape index (κ2) is 5.60. The van der Waals surface area contributed by atoms with Crippen LogP contribution >= 0.6 is 12.2 Å². The lowest BCUT2D eigenvalue weighted by atomic mass is 10.2. The summed E-state index contributed by atoms with van der Waals surface area (Å²) in [6, 6.07) is 13.4. The summed E-state index contributed by atoms with van der Waals surface area (Å²) >= 11 is 4.92. The molecule has 0 aliphatic rings. The Morgan fingerprint density at radius 1 is 1.10 bits per heavy atom. The minimum Gasteiger partial charge on any atom is -0.389 e. The summed E-state index contributed by atoms with van der Waals surface area (Å²) in [5, 5.41) is 0. The molecular formula is C14H14N2O2S2. The molecule has 3 N–H and O–H groups in total. The van der Waals surface area contributed by atoms with E-state index in [0.29, 0.717) is 11.3 Å². The average Bonchev–Trinajstić information content (AvgIpc) is 2.39. The Hall–Kier alpha value is -1.92. The molecule has 4 nitrogen and oxygen atoms in total. The van der Waals surface area contributed by atoms with Gasteiger partial charge in [0.1, 0.15) is 4.99 Å². The summed E-state index contributed by atoms with van der Waals surface area (Å²) in [5.41, 5.74) is 7.46. The zero-order valence-corrected chi connectivity index (χ0v) is 12.5. The van der Waals surface area contributed by atoms with Crippen LogP contribution in [0.4, 0.5) is 5.69 Å². The molecule has 0 aliphatic carbocycles. The summed E-state index contributed by atoms with van der Waals surface area (Å²) < 4.78 is 27.1. The van der Waals surface area contributed by atoms with Gasteiger partial charge in [0.05, 0.1) is 10.6 Å². The molecule has 0 aromatic heterocycles. The maximum absolute atomic E-state index is 12.3. The second-order valence-corrected chi connectivity index (χ2v) is 6.45. The Labute approximate surface area is 123 Å². The van der Waals surface area contributed by atoms with Crippen molar-refractivity contribution in [3.05, 3.63) is 59.7 Å². The van der Waals surface area contributed by atoms with Crippen molar-refractivity contribution in [1.29, 1.82) is 0 Å². The largest absolute Gasteiger partial charge is 0.389 e. The highest BCUT2D eigenvalue weighted by molar-refractivity contribution is 7.92. The SMILES string of the molecule is Cc1ccc(S(=O)(=O)Nc2ccccc2C(N)=S)cc1. The van der Waals surface area contributed by atoms with Crippen LogP contribution in [0.1, 0.15) is 11.1 Å². The van der Waals surface area contributed by atoms with E-state index in [2.05, 4.69) is 4.72 Å². The number of nitrogens with two attached hydrogens (primary N) is 1. The van der Waals surface area contributed by atoms with Gasteiger partial charge in [0.2, 0.25) is 0 Å². The van der Waals surface area contributed by atoms with Crippen molar-refractivity contribution in [1.82, 2.24) is 0 Å². The lowest BCUT2D eigenvalue weighted by Gasteiger charge is -2.11. The maximum Gasteiger partial charge on any atom is 0.261 e. The van der Waals surface area contributed by atoms with Crippen LogP contribution < -0.4 is 10.5 Å². The zero-order chi connectivity index (χ0) is 14.8. The van der Waals surface area contributed by atoms with Crippen molar-refractivity contribution in [3.8, 4) is 0 Å². The molecule has 2 aromatic carbocycles. The molecule has 0 atom stereocenters. The molecule has 2 rings (SSSR count). The summed E-state index contributed by atoms with van der Waals surface area (Å²) in [5.74, 6) is 0. The van der Waals surface area contributed by atoms with Gasteiger partial charge >= 0.3 is 0 Å². The van der Waals surface area contributed by atoms with Crippen molar-refractivity contribution in [2.24, 2.45) is 5.73 Å². The van der Waals surface area contributed by atoms with Gasteiger partial charge in [-0.25, -0.2) is 8.42 Å². The summed E-state index contributed by atoms with van der Waals surface area (Å²) in [6.45, 7) is 1.89. The van der Waals surface area contributed by atoms with Crippen molar-refractivity contribution in [3.63, 3.8) is 0 Å². The fourth-order valence-electron chi connectivity index (χ4n) is 1.71. The highest BCUT2D eigenvalue weighted by Gasteiger charge is 2.16. The van der Waals surface area contributed by atoms with Crippen LogP contribution in [-0.4, -0.2) is 13.4 Å². The normalized spacial score (nSPS) is 11.1.